The molecule has 29 heavy (non-hydrogen) atoms. The summed E-state index contributed by atoms with van der Waals surface area (Å²) in [4.78, 5) is 27.3. The molecule has 152 valence electrons. The fourth-order valence-corrected chi connectivity index (χ4v) is 4.08. The zero-order valence-corrected chi connectivity index (χ0v) is 16.8. The number of morpholine rings is 1. The van der Waals surface area contributed by atoms with E-state index in [2.05, 4.69) is 17.4 Å². The maximum Gasteiger partial charge on any atom is 0.254 e. The van der Waals surface area contributed by atoms with Crippen LogP contribution in [0.15, 0.2) is 54.6 Å². The zero-order chi connectivity index (χ0) is 20.2. The average molecular weight is 392 g/mol. The molecule has 0 bridgehead atoms. The Bertz CT molecular complexity index is 863. The Kier molecular flexibility index (Phi) is 5.95. The molecule has 0 aromatic heterocycles. The first-order chi connectivity index (χ1) is 14.1. The second-order valence-corrected chi connectivity index (χ2v) is 8.12. The number of anilines is 1. The normalized spacial score (nSPS) is 20.2. The SMILES string of the molecule is CC1CN(C(=O)c2cccc(NC(=O)CC(c3ccccc3)C3CC3)c2)CCO1. The van der Waals surface area contributed by atoms with Gasteiger partial charge in [-0.05, 0) is 55.4 Å². The van der Waals surface area contributed by atoms with Gasteiger partial charge in [0.2, 0.25) is 5.91 Å². The van der Waals surface area contributed by atoms with Crippen LogP contribution in [0, 0.1) is 5.92 Å². The number of rotatable bonds is 6. The predicted octanol–water partition coefficient (Wildman–Crippen LogP) is 4.07. The van der Waals surface area contributed by atoms with E-state index in [4.69, 9.17) is 4.74 Å². The summed E-state index contributed by atoms with van der Waals surface area (Å²) in [7, 11) is 0. The molecule has 1 saturated heterocycles. The smallest absolute Gasteiger partial charge is 0.254 e. The standard InChI is InChI=1S/C24H28N2O3/c1-17-16-26(12-13-29-17)24(28)20-8-5-9-21(14-20)25-23(27)15-22(19-10-11-19)18-6-3-2-4-7-18/h2-9,14,17,19,22H,10-13,15-16H2,1H3,(H,25,27). The summed E-state index contributed by atoms with van der Waals surface area (Å²) in [5.74, 6) is 0.835. The van der Waals surface area contributed by atoms with Crippen LogP contribution < -0.4 is 5.32 Å². The van der Waals surface area contributed by atoms with Crippen LogP contribution in [0.25, 0.3) is 0 Å². The Hall–Kier alpha value is -2.66. The molecule has 2 amide bonds. The molecule has 2 fully saturated rings. The second kappa shape index (κ2) is 8.78. The van der Waals surface area contributed by atoms with Gasteiger partial charge in [0.1, 0.15) is 0 Å². The Morgan fingerprint density at radius 3 is 2.66 bits per heavy atom. The van der Waals surface area contributed by atoms with E-state index in [9.17, 15) is 9.59 Å². The molecule has 5 nitrogen and oxygen atoms in total. The van der Waals surface area contributed by atoms with E-state index in [0.717, 1.165) is 0 Å². The average Bonchev–Trinajstić information content (AvgIpc) is 3.57. The molecule has 2 unspecified atom stereocenters. The van der Waals surface area contributed by atoms with Crippen molar-refractivity contribution < 1.29 is 14.3 Å². The highest BCUT2D eigenvalue weighted by molar-refractivity contribution is 5.97. The second-order valence-electron chi connectivity index (χ2n) is 8.12. The van der Waals surface area contributed by atoms with Gasteiger partial charge in [0.25, 0.3) is 5.91 Å². The van der Waals surface area contributed by atoms with Gasteiger partial charge in [-0.3, -0.25) is 9.59 Å². The molecule has 1 N–H and O–H groups in total. The van der Waals surface area contributed by atoms with Crippen molar-refractivity contribution in [3.63, 3.8) is 0 Å². The first-order valence-corrected chi connectivity index (χ1v) is 10.5. The highest BCUT2D eigenvalue weighted by Crippen LogP contribution is 2.44. The van der Waals surface area contributed by atoms with Crippen LogP contribution in [0.5, 0.6) is 0 Å². The van der Waals surface area contributed by atoms with Crippen molar-refractivity contribution in [2.75, 3.05) is 25.0 Å². The molecule has 1 aliphatic heterocycles. The Morgan fingerprint density at radius 1 is 1.14 bits per heavy atom. The molecule has 2 aliphatic rings. The van der Waals surface area contributed by atoms with E-state index in [1.165, 1.54) is 18.4 Å². The van der Waals surface area contributed by atoms with Crippen molar-refractivity contribution >= 4 is 17.5 Å². The molecule has 1 heterocycles. The maximum absolute atomic E-state index is 12.8. The molecule has 1 aliphatic carbocycles. The predicted molar refractivity (Wildman–Crippen MR) is 113 cm³/mol. The summed E-state index contributed by atoms with van der Waals surface area (Å²) >= 11 is 0. The number of benzene rings is 2. The van der Waals surface area contributed by atoms with Crippen molar-refractivity contribution in [2.24, 2.45) is 5.92 Å². The fourth-order valence-electron chi connectivity index (χ4n) is 4.08. The molecular formula is C24H28N2O3. The van der Waals surface area contributed by atoms with Gasteiger partial charge in [-0.15, -0.1) is 0 Å². The third-order valence-corrected chi connectivity index (χ3v) is 5.75. The minimum absolute atomic E-state index is 0.00431. The number of nitrogens with one attached hydrogen (secondary N) is 1. The minimum Gasteiger partial charge on any atom is -0.375 e. The Balaban J connectivity index is 1.41. The van der Waals surface area contributed by atoms with Gasteiger partial charge in [0.05, 0.1) is 12.7 Å². The summed E-state index contributed by atoms with van der Waals surface area (Å²) in [5.41, 5.74) is 2.50. The van der Waals surface area contributed by atoms with Crippen molar-refractivity contribution in [3.05, 3.63) is 65.7 Å². The van der Waals surface area contributed by atoms with Gasteiger partial charge in [-0.1, -0.05) is 36.4 Å². The van der Waals surface area contributed by atoms with Crippen molar-refractivity contribution in [2.45, 2.75) is 38.2 Å². The monoisotopic (exact) mass is 392 g/mol. The number of amides is 2. The lowest BCUT2D eigenvalue weighted by Crippen LogP contribution is -2.44. The van der Waals surface area contributed by atoms with E-state index in [-0.39, 0.29) is 23.8 Å². The quantitative estimate of drug-likeness (QED) is 0.806. The largest absolute Gasteiger partial charge is 0.375 e. The summed E-state index contributed by atoms with van der Waals surface area (Å²) in [6.45, 7) is 3.72. The number of carbonyl (C=O) groups excluding carboxylic acids is 2. The van der Waals surface area contributed by atoms with Gasteiger partial charge in [0.15, 0.2) is 0 Å². The van der Waals surface area contributed by atoms with E-state index in [0.29, 0.717) is 43.3 Å². The number of carbonyl (C=O) groups is 2. The molecular weight excluding hydrogens is 364 g/mol. The number of hydrogen-bond acceptors (Lipinski definition) is 3. The van der Waals surface area contributed by atoms with E-state index in [1.54, 1.807) is 12.1 Å². The van der Waals surface area contributed by atoms with Crippen molar-refractivity contribution in [1.82, 2.24) is 4.90 Å². The molecule has 0 radical (unpaired) electrons. The van der Waals surface area contributed by atoms with Crippen LogP contribution in [0.4, 0.5) is 5.69 Å². The lowest BCUT2D eigenvalue weighted by Gasteiger charge is -2.31. The maximum atomic E-state index is 12.8. The molecule has 0 spiro atoms. The highest BCUT2D eigenvalue weighted by Gasteiger charge is 2.33. The van der Waals surface area contributed by atoms with Gasteiger partial charge >= 0.3 is 0 Å². The first-order valence-electron chi connectivity index (χ1n) is 10.5. The van der Waals surface area contributed by atoms with E-state index in [1.807, 2.05) is 42.2 Å². The Morgan fingerprint density at radius 2 is 1.93 bits per heavy atom. The molecule has 2 atom stereocenters. The highest BCUT2D eigenvalue weighted by atomic mass is 16.5. The van der Waals surface area contributed by atoms with Crippen LogP contribution in [0.3, 0.4) is 0 Å². The van der Waals surface area contributed by atoms with Gasteiger partial charge in [-0.2, -0.15) is 0 Å². The van der Waals surface area contributed by atoms with Gasteiger partial charge in [-0.25, -0.2) is 0 Å². The summed E-state index contributed by atoms with van der Waals surface area (Å²) in [6, 6.07) is 17.5. The molecule has 2 aromatic carbocycles. The molecule has 5 heteroatoms. The van der Waals surface area contributed by atoms with Crippen molar-refractivity contribution in [1.29, 1.82) is 0 Å². The van der Waals surface area contributed by atoms with Crippen LogP contribution >= 0.6 is 0 Å². The van der Waals surface area contributed by atoms with Crippen molar-refractivity contribution in [3.8, 4) is 0 Å². The minimum atomic E-state index is -0.0172. The summed E-state index contributed by atoms with van der Waals surface area (Å²) in [5, 5.41) is 3.00. The van der Waals surface area contributed by atoms with Gasteiger partial charge < -0.3 is 15.0 Å². The van der Waals surface area contributed by atoms with E-state index < -0.39 is 0 Å². The first kappa shape index (κ1) is 19.6. The summed E-state index contributed by atoms with van der Waals surface area (Å²) in [6.07, 6.45) is 2.89. The third-order valence-electron chi connectivity index (χ3n) is 5.75. The summed E-state index contributed by atoms with van der Waals surface area (Å²) < 4.78 is 5.52. The van der Waals surface area contributed by atoms with E-state index >= 15 is 0 Å². The Labute approximate surface area is 172 Å². The molecule has 1 saturated carbocycles. The van der Waals surface area contributed by atoms with Crippen LogP contribution in [0.2, 0.25) is 0 Å². The van der Waals surface area contributed by atoms with Crippen LogP contribution in [0.1, 0.15) is 48.0 Å². The van der Waals surface area contributed by atoms with Gasteiger partial charge in [0, 0.05) is 30.8 Å². The van der Waals surface area contributed by atoms with Crippen LogP contribution in [-0.2, 0) is 9.53 Å². The molecule has 4 rings (SSSR count). The number of nitrogens with zero attached hydrogens (tertiary/aromatic N) is 1. The van der Waals surface area contributed by atoms with Crippen LogP contribution in [-0.4, -0.2) is 42.5 Å². The lowest BCUT2D eigenvalue weighted by atomic mass is 9.91. The third kappa shape index (κ3) is 5.04. The fraction of sp³-hybridized carbons (Fsp3) is 0.417. The molecule has 2 aromatic rings. The lowest BCUT2D eigenvalue weighted by molar-refractivity contribution is -0.116. The zero-order valence-electron chi connectivity index (χ0n) is 16.8. The number of hydrogen-bond donors (Lipinski definition) is 1. The number of ether oxygens (including phenoxy) is 1. The topological polar surface area (TPSA) is 58.6 Å².